The second kappa shape index (κ2) is 7.52. The maximum atomic E-state index is 6.43. The molecule has 1 aliphatic heterocycles. The van der Waals surface area contributed by atoms with Crippen LogP contribution >= 0.6 is 0 Å². The van der Waals surface area contributed by atoms with E-state index in [9.17, 15) is 0 Å². The monoisotopic (exact) mass is 420 g/mol. The van der Waals surface area contributed by atoms with E-state index in [1.165, 1.54) is 37.7 Å². The van der Waals surface area contributed by atoms with Crippen LogP contribution in [0.3, 0.4) is 0 Å². The van der Waals surface area contributed by atoms with E-state index in [1.807, 2.05) is 7.11 Å². The number of allylic oxidation sites excluding steroid dienone is 2. The number of hydrogen-bond donors (Lipinski definition) is 0. The topological polar surface area (TPSA) is 27.7 Å². The summed E-state index contributed by atoms with van der Waals surface area (Å²) in [5.74, 6) is 4.42. The van der Waals surface area contributed by atoms with Gasteiger partial charge in [0.2, 0.25) is 0 Å². The predicted octanol–water partition coefficient (Wildman–Crippen LogP) is 5.83. The van der Waals surface area contributed by atoms with Crippen LogP contribution in [-0.4, -0.2) is 25.4 Å². The van der Waals surface area contributed by atoms with Crippen molar-refractivity contribution in [2.45, 2.75) is 77.9 Å². The van der Waals surface area contributed by atoms with Gasteiger partial charge in [-0.3, -0.25) is 0 Å². The van der Waals surface area contributed by atoms with Gasteiger partial charge in [-0.2, -0.15) is 0 Å². The molecule has 166 valence electrons. The molecular formula is C27H37BO3. The van der Waals surface area contributed by atoms with E-state index >= 15 is 0 Å². The summed E-state index contributed by atoms with van der Waals surface area (Å²) in [6, 6.07) is 6.68. The highest BCUT2D eigenvalue weighted by atomic mass is 16.7. The summed E-state index contributed by atoms with van der Waals surface area (Å²) in [7, 11) is 1.47. The summed E-state index contributed by atoms with van der Waals surface area (Å²) in [4.78, 5) is 0. The van der Waals surface area contributed by atoms with Crippen molar-refractivity contribution in [2.24, 2.45) is 23.7 Å². The van der Waals surface area contributed by atoms with Crippen molar-refractivity contribution in [2.75, 3.05) is 7.11 Å². The van der Waals surface area contributed by atoms with Crippen LogP contribution in [0.15, 0.2) is 29.8 Å². The molecule has 6 rings (SSSR count). The normalized spacial score (nSPS) is 32.8. The third kappa shape index (κ3) is 3.51. The summed E-state index contributed by atoms with van der Waals surface area (Å²) in [6.45, 7) is 10.5. The lowest BCUT2D eigenvalue weighted by Crippen LogP contribution is -2.41. The standard InChI is InChI=1S/C27H37BO3/c1-7-8-19-9-10-20(16-23(19)28-30-26(2,3)27(4,5)31-28)25(29-6)24-21-12-17-11-18(14-21)15-22(24)13-17/h7-10,16-18,21-22H,11-15H2,1-6H3/b8-7+,25-24?. The summed E-state index contributed by atoms with van der Waals surface area (Å²) in [5, 5.41) is 0. The van der Waals surface area contributed by atoms with Crippen molar-refractivity contribution >= 4 is 24.4 Å². The fourth-order valence-electron chi connectivity index (χ4n) is 6.69. The number of methoxy groups -OCH3 is 1. The second-order valence-electron chi connectivity index (χ2n) is 11.2. The fourth-order valence-corrected chi connectivity index (χ4v) is 6.69. The molecule has 4 bridgehead atoms. The lowest BCUT2D eigenvalue weighted by Gasteiger charge is -2.51. The van der Waals surface area contributed by atoms with Crippen LogP contribution in [0.5, 0.6) is 0 Å². The zero-order chi connectivity index (χ0) is 22.0. The Morgan fingerprint density at radius 1 is 0.968 bits per heavy atom. The van der Waals surface area contributed by atoms with Crippen molar-refractivity contribution in [3.8, 4) is 0 Å². The molecule has 0 radical (unpaired) electrons. The first-order chi connectivity index (χ1) is 14.7. The van der Waals surface area contributed by atoms with E-state index in [-0.39, 0.29) is 18.3 Å². The molecule has 1 aromatic rings. The van der Waals surface area contributed by atoms with Crippen LogP contribution in [0.2, 0.25) is 0 Å². The van der Waals surface area contributed by atoms with Gasteiger partial charge in [-0.15, -0.1) is 0 Å². The van der Waals surface area contributed by atoms with Crippen LogP contribution < -0.4 is 5.46 Å². The Morgan fingerprint density at radius 3 is 2.06 bits per heavy atom. The van der Waals surface area contributed by atoms with Crippen LogP contribution in [0.25, 0.3) is 11.8 Å². The number of hydrogen-bond acceptors (Lipinski definition) is 3. The lowest BCUT2D eigenvalue weighted by atomic mass is 9.54. The molecule has 1 saturated heterocycles. The molecule has 4 saturated carbocycles. The van der Waals surface area contributed by atoms with E-state index in [2.05, 4.69) is 65.0 Å². The molecular weight excluding hydrogens is 383 g/mol. The molecule has 1 aromatic carbocycles. The van der Waals surface area contributed by atoms with E-state index in [0.29, 0.717) is 11.8 Å². The van der Waals surface area contributed by atoms with Gasteiger partial charge in [-0.25, -0.2) is 0 Å². The first kappa shape index (κ1) is 21.3. The van der Waals surface area contributed by atoms with Crippen molar-refractivity contribution in [3.05, 3.63) is 41.0 Å². The molecule has 0 amide bonds. The minimum Gasteiger partial charge on any atom is -0.496 e. The Labute approximate surface area is 188 Å². The van der Waals surface area contributed by atoms with Gasteiger partial charge in [0.05, 0.1) is 18.3 Å². The molecule has 3 nitrogen and oxygen atoms in total. The fraction of sp³-hybridized carbons (Fsp3) is 0.630. The molecule has 1 heterocycles. The Hall–Kier alpha value is -1.52. The number of rotatable bonds is 4. The van der Waals surface area contributed by atoms with Crippen LogP contribution in [0.4, 0.5) is 0 Å². The average molecular weight is 420 g/mol. The van der Waals surface area contributed by atoms with Gasteiger partial charge in [-0.1, -0.05) is 30.4 Å². The number of benzene rings is 1. The SMILES string of the molecule is C/C=C/c1ccc(C(OC)=C2C3CC4CC(C3)CC2C4)cc1B1OC(C)(C)C(C)(C)O1. The van der Waals surface area contributed by atoms with Gasteiger partial charge in [0.25, 0.3) is 0 Å². The minimum atomic E-state index is -0.377. The molecule has 5 fully saturated rings. The molecule has 0 spiro atoms. The maximum Gasteiger partial charge on any atom is 0.495 e. The van der Waals surface area contributed by atoms with Crippen LogP contribution in [0.1, 0.15) is 77.8 Å². The largest absolute Gasteiger partial charge is 0.496 e. The zero-order valence-corrected chi connectivity index (χ0v) is 20.0. The average Bonchev–Trinajstić information content (AvgIpc) is 2.92. The molecule has 5 aliphatic rings. The van der Waals surface area contributed by atoms with E-state index in [0.717, 1.165) is 28.6 Å². The van der Waals surface area contributed by atoms with Crippen molar-refractivity contribution in [1.82, 2.24) is 0 Å². The zero-order valence-electron chi connectivity index (χ0n) is 20.0. The van der Waals surface area contributed by atoms with Gasteiger partial charge >= 0.3 is 7.12 Å². The number of ether oxygens (including phenoxy) is 1. The molecule has 0 N–H and O–H groups in total. The minimum absolute atomic E-state index is 0.356. The Balaban J connectivity index is 1.57. The quantitative estimate of drug-likeness (QED) is 0.453. The highest BCUT2D eigenvalue weighted by molar-refractivity contribution is 6.63. The maximum absolute atomic E-state index is 6.43. The van der Waals surface area contributed by atoms with Gasteiger partial charge in [0.1, 0.15) is 5.76 Å². The highest BCUT2D eigenvalue weighted by Crippen LogP contribution is 2.57. The highest BCUT2D eigenvalue weighted by Gasteiger charge is 2.52. The summed E-state index contributed by atoms with van der Waals surface area (Å²) in [5.41, 5.74) is 4.29. The summed E-state index contributed by atoms with van der Waals surface area (Å²) < 4.78 is 19.0. The third-order valence-corrected chi connectivity index (χ3v) is 8.69. The van der Waals surface area contributed by atoms with E-state index in [1.54, 1.807) is 5.57 Å². The third-order valence-electron chi connectivity index (χ3n) is 8.69. The van der Waals surface area contributed by atoms with Gasteiger partial charge in [-0.05, 0) is 107 Å². The summed E-state index contributed by atoms with van der Waals surface area (Å²) >= 11 is 0. The predicted molar refractivity (Wildman–Crippen MR) is 128 cm³/mol. The van der Waals surface area contributed by atoms with Gasteiger partial charge < -0.3 is 14.0 Å². The first-order valence-electron chi connectivity index (χ1n) is 12.1. The lowest BCUT2D eigenvalue weighted by molar-refractivity contribution is 0.00578. The molecule has 0 aromatic heterocycles. The molecule has 4 aliphatic carbocycles. The molecule has 4 heteroatoms. The Kier molecular flexibility index (Phi) is 5.18. The summed E-state index contributed by atoms with van der Waals surface area (Å²) in [6.07, 6.45) is 11.1. The molecule has 31 heavy (non-hydrogen) atoms. The van der Waals surface area contributed by atoms with Crippen molar-refractivity contribution < 1.29 is 14.0 Å². The first-order valence-corrected chi connectivity index (χ1v) is 12.1. The van der Waals surface area contributed by atoms with Crippen LogP contribution in [-0.2, 0) is 14.0 Å². The van der Waals surface area contributed by atoms with Crippen molar-refractivity contribution in [3.63, 3.8) is 0 Å². The Bertz CT molecular complexity index is 880. The second-order valence-corrected chi connectivity index (χ2v) is 11.2. The van der Waals surface area contributed by atoms with Crippen molar-refractivity contribution in [1.29, 1.82) is 0 Å². The smallest absolute Gasteiger partial charge is 0.495 e. The Morgan fingerprint density at radius 2 is 1.55 bits per heavy atom. The van der Waals surface area contributed by atoms with Gasteiger partial charge in [0, 0.05) is 5.56 Å². The van der Waals surface area contributed by atoms with Crippen LogP contribution in [0, 0.1) is 23.7 Å². The van der Waals surface area contributed by atoms with E-state index in [4.69, 9.17) is 14.0 Å². The molecule has 0 atom stereocenters. The molecule has 0 unspecified atom stereocenters. The van der Waals surface area contributed by atoms with Gasteiger partial charge in [0.15, 0.2) is 0 Å². The van der Waals surface area contributed by atoms with E-state index < -0.39 is 0 Å².